The standard InChI is InChI=1S/C17H34O2/c18-17-15-13-11-9-7-5-3-1-2-4-6-8-10-12-14-16-19-17/h17-18H,1-16H2. The number of aliphatic hydroxyl groups is 1. The van der Waals surface area contributed by atoms with Crippen molar-refractivity contribution in [3.05, 3.63) is 0 Å². The molecule has 0 aromatic carbocycles. The third-order valence-corrected chi connectivity index (χ3v) is 4.16. The first-order valence-electron chi connectivity index (χ1n) is 8.69. The average molecular weight is 270 g/mol. The van der Waals surface area contributed by atoms with E-state index in [4.69, 9.17) is 4.74 Å². The molecule has 1 heterocycles. The molecule has 0 radical (unpaired) electrons. The molecule has 0 aromatic rings. The molecule has 0 amide bonds. The van der Waals surface area contributed by atoms with Crippen LogP contribution in [0, 0.1) is 0 Å². The summed E-state index contributed by atoms with van der Waals surface area (Å²) in [6, 6.07) is 0. The van der Waals surface area contributed by atoms with Crippen molar-refractivity contribution in [3.63, 3.8) is 0 Å². The zero-order valence-electron chi connectivity index (χ0n) is 12.7. The second-order valence-electron chi connectivity index (χ2n) is 6.06. The van der Waals surface area contributed by atoms with Crippen LogP contribution < -0.4 is 0 Å². The molecule has 1 atom stereocenters. The highest BCUT2D eigenvalue weighted by Gasteiger charge is 2.03. The number of ether oxygens (including phenoxy) is 1. The van der Waals surface area contributed by atoms with E-state index in [0.29, 0.717) is 0 Å². The van der Waals surface area contributed by atoms with Gasteiger partial charge in [-0.15, -0.1) is 0 Å². The molecule has 1 aliphatic heterocycles. The Morgan fingerprint density at radius 3 is 1.37 bits per heavy atom. The smallest absolute Gasteiger partial charge is 0.154 e. The highest BCUT2D eigenvalue weighted by molar-refractivity contribution is 4.52. The zero-order valence-corrected chi connectivity index (χ0v) is 12.7. The summed E-state index contributed by atoms with van der Waals surface area (Å²) in [6.07, 6.45) is 19.0. The second kappa shape index (κ2) is 12.9. The summed E-state index contributed by atoms with van der Waals surface area (Å²) in [5.74, 6) is 0. The fraction of sp³-hybridized carbons (Fsp3) is 1.00. The number of rotatable bonds is 0. The molecule has 0 bridgehead atoms. The summed E-state index contributed by atoms with van der Waals surface area (Å²) < 4.78 is 5.44. The van der Waals surface area contributed by atoms with Gasteiger partial charge < -0.3 is 9.84 Å². The maximum atomic E-state index is 9.68. The van der Waals surface area contributed by atoms with Crippen molar-refractivity contribution in [1.29, 1.82) is 0 Å². The lowest BCUT2D eigenvalue weighted by Crippen LogP contribution is -2.12. The lowest BCUT2D eigenvalue weighted by Gasteiger charge is -2.12. The lowest BCUT2D eigenvalue weighted by molar-refractivity contribution is -0.105. The predicted octanol–water partition coefficient (Wildman–Crippen LogP) is 5.19. The third-order valence-electron chi connectivity index (χ3n) is 4.16. The van der Waals surface area contributed by atoms with Crippen LogP contribution in [0.1, 0.15) is 96.3 Å². The fourth-order valence-corrected chi connectivity index (χ4v) is 2.85. The Labute approximate surface area is 119 Å². The number of hydrogen-bond donors (Lipinski definition) is 1. The van der Waals surface area contributed by atoms with Crippen molar-refractivity contribution in [2.75, 3.05) is 6.61 Å². The summed E-state index contributed by atoms with van der Waals surface area (Å²) in [5.41, 5.74) is 0. The van der Waals surface area contributed by atoms with Crippen LogP contribution in [-0.4, -0.2) is 18.0 Å². The highest BCUT2D eigenvalue weighted by atomic mass is 16.6. The Bertz CT molecular complexity index is 164. The van der Waals surface area contributed by atoms with E-state index < -0.39 is 6.29 Å². The van der Waals surface area contributed by atoms with E-state index in [9.17, 15) is 5.11 Å². The van der Waals surface area contributed by atoms with Gasteiger partial charge in [0.1, 0.15) is 0 Å². The molecule has 1 fully saturated rings. The molecule has 1 unspecified atom stereocenters. The van der Waals surface area contributed by atoms with E-state index in [1.165, 1.54) is 77.0 Å². The van der Waals surface area contributed by atoms with Crippen molar-refractivity contribution >= 4 is 0 Å². The van der Waals surface area contributed by atoms with Gasteiger partial charge in [0.25, 0.3) is 0 Å². The normalized spacial score (nSPS) is 27.3. The molecule has 0 aromatic heterocycles. The molecule has 0 saturated carbocycles. The van der Waals surface area contributed by atoms with Crippen LogP contribution in [0.2, 0.25) is 0 Å². The van der Waals surface area contributed by atoms with Gasteiger partial charge in [-0.05, 0) is 19.3 Å². The first kappa shape index (κ1) is 17.0. The van der Waals surface area contributed by atoms with Gasteiger partial charge in [0, 0.05) is 6.61 Å². The van der Waals surface area contributed by atoms with Crippen LogP contribution in [-0.2, 0) is 4.74 Å². The van der Waals surface area contributed by atoms with E-state index in [2.05, 4.69) is 0 Å². The summed E-state index contributed by atoms with van der Waals surface area (Å²) >= 11 is 0. The molecule has 1 aliphatic rings. The van der Waals surface area contributed by atoms with Gasteiger partial charge in [0.2, 0.25) is 0 Å². The van der Waals surface area contributed by atoms with Crippen LogP contribution in [0.25, 0.3) is 0 Å². The predicted molar refractivity (Wildman–Crippen MR) is 81.2 cm³/mol. The minimum atomic E-state index is -0.515. The van der Waals surface area contributed by atoms with Crippen molar-refractivity contribution in [2.45, 2.75) is 103 Å². The number of hydrogen-bond acceptors (Lipinski definition) is 2. The van der Waals surface area contributed by atoms with Crippen LogP contribution in [0.5, 0.6) is 0 Å². The molecule has 2 nitrogen and oxygen atoms in total. The molecular formula is C17H34O2. The van der Waals surface area contributed by atoms with Gasteiger partial charge in [-0.25, -0.2) is 0 Å². The Morgan fingerprint density at radius 1 is 0.526 bits per heavy atom. The van der Waals surface area contributed by atoms with Crippen molar-refractivity contribution in [1.82, 2.24) is 0 Å². The summed E-state index contributed by atoms with van der Waals surface area (Å²) in [5, 5.41) is 9.68. The summed E-state index contributed by atoms with van der Waals surface area (Å²) in [4.78, 5) is 0. The van der Waals surface area contributed by atoms with Crippen LogP contribution in [0.4, 0.5) is 0 Å². The molecule has 2 heteroatoms. The van der Waals surface area contributed by atoms with Crippen molar-refractivity contribution < 1.29 is 9.84 Å². The van der Waals surface area contributed by atoms with Gasteiger partial charge in [0.05, 0.1) is 0 Å². The largest absolute Gasteiger partial charge is 0.368 e. The van der Waals surface area contributed by atoms with Gasteiger partial charge >= 0.3 is 0 Å². The van der Waals surface area contributed by atoms with E-state index in [0.717, 1.165) is 25.9 Å². The van der Waals surface area contributed by atoms with Gasteiger partial charge in [-0.3, -0.25) is 0 Å². The molecule has 114 valence electrons. The SMILES string of the molecule is OC1CCCCCCCCCCCCCCCCO1. The Morgan fingerprint density at radius 2 is 0.895 bits per heavy atom. The average Bonchev–Trinajstić information content (AvgIpc) is 2.41. The maximum absolute atomic E-state index is 9.68. The first-order chi connectivity index (χ1) is 9.39. The maximum Gasteiger partial charge on any atom is 0.154 e. The third kappa shape index (κ3) is 11.4. The van der Waals surface area contributed by atoms with E-state index in [1.807, 2.05) is 0 Å². The van der Waals surface area contributed by atoms with Gasteiger partial charge in [-0.2, -0.15) is 0 Å². The second-order valence-corrected chi connectivity index (χ2v) is 6.06. The molecule has 1 rings (SSSR count). The van der Waals surface area contributed by atoms with E-state index in [-0.39, 0.29) is 0 Å². The zero-order chi connectivity index (χ0) is 13.6. The van der Waals surface area contributed by atoms with Gasteiger partial charge in [0.15, 0.2) is 6.29 Å². The Balaban J connectivity index is 2.08. The molecule has 1 N–H and O–H groups in total. The highest BCUT2D eigenvalue weighted by Crippen LogP contribution is 2.14. The molecule has 19 heavy (non-hydrogen) atoms. The topological polar surface area (TPSA) is 29.5 Å². The lowest BCUT2D eigenvalue weighted by atomic mass is 10.0. The quantitative estimate of drug-likeness (QED) is 0.656. The summed E-state index contributed by atoms with van der Waals surface area (Å²) in [7, 11) is 0. The molecule has 0 spiro atoms. The molecule has 1 saturated heterocycles. The monoisotopic (exact) mass is 270 g/mol. The fourth-order valence-electron chi connectivity index (χ4n) is 2.85. The molecular weight excluding hydrogens is 236 g/mol. The first-order valence-corrected chi connectivity index (χ1v) is 8.69. The molecule has 0 aliphatic carbocycles. The van der Waals surface area contributed by atoms with E-state index in [1.54, 1.807) is 0 Å². The van der Waals surface area contributed by atoms with Crippen LogP contribution >= 0.6 is 0 Å². The van der Waals surface area contributed by atoms with Crippen molar-refractivity contribution in [3.8, 4) is 0 Å². The van der Waals surface area contributed by atoms with Gasteiger partial charge in [-0.1, -0.05) is 77.0 Å². The Kier molecular flexibility index (Phi) is 11.5. The van der Waals surface area contributed by atoms with Crippen LogP contribution in [0.15, 0.2) is 0 Å². The van der Waals surface area contributed by atoms with E-state index >= 15 is 0 Å². The van der Waals surface area contributed by atoms with Crippen molar-refractivity contribution in [2.24, 2.45) is 0 Å². The summed E-state index contributed by atoms with van der Waals surface area (Å²) in [6.45, 7) is 0.737. The minimum absolute atomic E-state index is 0.515. The minimum Gasteiger partial charge on any atom is -0.368 e. The van der Waals surface area contributed by atoms with Crippen LogP contribution in [0.3, 0.4) is 0 Å². The number of aliphatic hydroxyl groups excluding tert-OH is 1. The Hall–Kier alpha value is -0.0800.